The zero-order valence-corrected chi connectivity index (χ0v) is 20.5. The molecule has 0 aromatic rings. The third-order valence-corrected chi connectivity index (χ3v) is 7.29. The summed E-state index contributed by atoms with van der Waals surface area (Å²) in [5.74, 6) is 0. The summed E-state index contributed by atoms with van der Waals surface area (Å²) >= 11 is 2.25. The maximum Gasteiger partial charge on any atom is 0.00213 e. The number of hydrogen-bond acceptors (Lipinski definition) is 1. The molecule has 0 aromatic carbocycles. The molecule has 2 atom stereocenters. The average Bonchev–Trinajstić information content (AvgIpc) is 2.65. The summed E-state index contributed by atoms with van der Waals surface area (Å²) in [6, 6.07) is 0. The van der Waals surface area contributed by atoms with Crippen molar-refractivity contribution in [3.05, 3.63) is 0 Å². The highest BCUT2D eigenvalue weighted by Crippen LogP contribution is 2.26. The van der Waals surface area contributed by atoms with Crippen molar-refractivity contribution in [2.75, 3.05) is 0 Å². The number of thioether (sulfide) groups is 1. The zero-order valence-electron chi connectivity index (χ0n) is 19.7. The van der Waals surface area contributed by atoms with Gasteiger partial charge in [-0.05, 0) is 12.8 Å². The van der Waals surface area contributed by atoms with Gasteiger partial charge in [-0.1, -0.05) is 143 Å². The first kappa shape index (κ1) is 27.4. The molecule has 0 aromatic heterocycles. The monoisotopic (exact) mass is 398 g/mol. The van der Waals surface area contributed by atoms with Crippen molar-refractivity contribution in [3.63, 3.8) is 0 Å². The van der Waals surface area contributed by atoms with E-state index in [0.717, 1.165) is 10.5 Å². The van der Waals surface area contributed by atoms with Crippen molar-refractivity contribution in [2.45, 2.75) is 167 Å². The number of hydrogen-bond donors (Lipinski definition) is 0. The number of rotatable bonds is 22. The van der Waals surface area contributed by atoms with Gasteiger partial charge in [0.2, 0.25) is 0 Å². The Bertz CT molecular complexity index is 237. The third kappa shape index (κ3) is 22.5. The molecule has 0 nitrogen and oxygen atoms in total. The minimum Gasteiger partial charge on any atom is -0.156 e. The van der Waals surface area contributed by atoms with Crippen LogP contribution in [-0.2, 0) is 0 Å². The van der Waals surface area contributed by atoms with E-state index < -0.39 is 0 Å². The summed E-state index contributed by atoms with van der Waals surface area (Å²) in [7, 11) is 0. The predicted molar refractivity (Wildman–Crippen MR) is 130 cm³/mol. The van der Waals surface area contributed by atoms with Gasteiger partial charge < -0.3 is 0 Å². The summed E-state index contributed by atoms with van der Waals surface area (Å²) in [6.45, 7) is 9.53. The molecule has 0 aliphatic heterocycles. The van der Waals surface area contributed by atoms with E-state index in [4.69, 9.17) is 0 Å². The molecule has 2 unspecified atom stereocenters. The lowest BCUT2D eigenvalue weighted by molar-refractivity contribution is 0.552. The second-order valence-corrected chi connectivity index (χ2v) is 10.9. The van der Waals surface area contributed by atoms with Crippen LogP contribution in [0.15, 0.2) is 0 Å². The Morgan fingerprint density at radius 3 is 0.963 bits per heavy atom. The molecule has 1 heteroatoms. The van der Waals surface area contributed by atoms with Crippen molar-refractivity contribution in [1.29, 1.82) is 0 Å². The molecule has 0 saturated carbocycles. The average molecular weight is 399 g/mol. The largest absolute Gasteiger partial charge is 0.156 e. The van der Waals surface area contributed by atoms with Crippen LogP contribution in [0.2, 0.25) is 0 Å². The van der Waals surface area contributed by atoms with E-state index in [1.807, 2.05) is 0 Å². The van der Waals surface area contributed by atoms with Gasteiger partial charge in [0.1, 0.15) is 0 Å². The Kier molecular flexibility index (Phi) is 22.9. The van der Waals surface area contributed by atoms with Gasteiger partial charge in [0, 0.05) is 10.5 Å². The lowest BCUT2D eigenvalue weighted by Crippen LogP contribution is -2.05. The lowest BCUT2D eigenvalue weighted by Gasteiger charge is -2.17. The van der Waals surface area contributed by atoms with Crippen LogP contribution in [0.5, 0.6) is 0 Å². The molecular weight excluding hydrogens is 344 g/mol. The van der Waals surface area contributed by atoms with Gasteiger partial charge in [0.15, 0.2) is 0 Å². The topological polar surface area (TPSA) is 0 Å². The van der Waals surface area contributed by atoms with Crippen molar-refractivity contribution >= 4 is 11.8 Å². The van der Waals surface area contributed by atoms with E-state index in [2.05, 4.69) is 39.5 Å². The molecule has 0 N–H and O–H groups in total. The van der Waals surface area contributed by atoms with E-state index >= 15 is 0 Å². The van der Waals surface area contributed by atoms with Crippen LogP contribution >= 0.6 is 11.8 Å². The second kappa shape index (κ2) is 22.6. The van der Waals surface area contributed by atoms with Crippen LogP contribution in [0, 0.1) is 0 Å². The van der Waals surface area contributed by atoms with Crippen LogP contribution in [0.4, 0.5) is 0 Å². The maximum atomic E-state index is 2.46. The van der Waals surface area contributed by atoms with Crippen LogP contribution in [0.1, 0.15) is 156 Å². The van der Waals surface area contributed by atoms with Gasteiger partial charge >= 0.3 is 0 Å². The van der Waals surface area contributed by atoms with E-state index in [1.165, 1.54) is 128 Å². The van der Waals surface area contributed by atoms with Crippen LogP contribution < -0.4 is 0 Å². The SMILES string of the molecule is CCCCCCCCCCCC(C)SC(C)CCCCCCCCCCC. The fourth-order valence-electron chi connectivity index (χ4n) is 4.02. The van der Waals surface area contributed by atoms with Gasteiger partial charge in [-0.3, -0.25) is 0 Å². The van der Waals surface area contributed by atoms with E-state index in [1.54, 1.807) is 0 Å². The van der Waals surface area contributed by atoms with Gasteiger partial charge in [-0.15, -0.1) is 0 Å². The molecule has 0 radical (unpaired) electrons. The molecule has 27 heavy (non-hydrogen) atoms. The first-order valence-electron chi connectivity index (χ1n) is 12.9. The van der Waals surface area contributed by atoms with Crippen LogP contribution in [0.25, 0.3) is 0 Å². The van der Waals surface area contributed by atoms with Gasteiger partial charge in [-0.25, -0.2) is 0 Å². The highest BCUT2D eigenvalue weighted by Gasteiger charge is 2.09. The molecule has 0 aliphatic rings. The molecule has 0 saturated heterocycles. The Morgan fingerprint density at radius 2 is 0.667 bits per heavy atom. The second-order valence-electron chi connectivity index (χ2n) is 8.99. The predicted octanol–water partition coefficient (Wildman–Crippen LogP) is 10.3. The van der Waals surface area contributed by atoms with Gasteiger partial charge in [0.05, 0.1) is 0 Å². The van der Waals surface area contributed by atoms with E-state index in [9.17, 15) is 0 Å². The smallest absolute Gasteiger partial charge is 0.00213 e. The highest BCUT2D eigenvalue weighted by molar-refractivity contribution is 8.00. The Morgan fingerprint density at radius 1 is 0.407 bits per heavy atom. The molecule has 0 heterocycles. The summed E-state index contributed by atoms with van der Waals surface area (Å²) in [6.07, 6.45) is 29.0. The molecule has 164 valence electrons. The summed E-state index contributed by atoms with van der Waals surface area (Å²) in [4.78, 5) is 0. The zero-order chi connectivity index (χ0) is 20.0. The highest BCUT2D eigenvalue weighted by atomic mass is 32.2. The van der Waals surface area contributed by atoms with Gasteiger partial charge in [0.25, 0.3) is 0 Å². The minimum atomic E-state index is 0.864. The van der Waals surface area contributed by atoms with Crippen LogP contribution in [0.3, 0.4) is 0 Å². The maximum absolute atomic E-state index is 2.46. The Hall–Kier alpha value is 0.350. The van der Waals surface area contributed by atoms with Crippen LogP contribution in [-0.4, -0.2) is 10.5 Å². The Balaban J connectivity index is 3.30. The quantitative estimate of drug-likeness (QED) is 0.163. The lowest BCUT2D eigenvalue weighted by atomic mass is 10.1. The van der Waals surface area contributed by atoms with E-state index in [-0.39, 0.29) is 0 Å². The first-order valence-corrected chi connectivity index (χ1v) is 13.8. The molecule has 0 aliphatic carbocycles. The Labute approximate surface area is 178 Å². The van der Waals surface area contributed by atoms with Crippen molar-refractivity contribution in [3.8, 4) is 0 Å². The fraction of sp³-hybridized carbons (Fsp3) is 1.00. The minimum absolute atomic E-state index is 0.864. The molecule has 0 bridgehead atoms. The first-order chi connectivity index (χ1) is 13.2. The molecule has 0 amide bonds. The summed E-state index contributed by atoms with van der Waals surface area (Å²) in [5.41, 5.74) is 0. The normalized spacial score (nSPS) is 13.8. The summed E-state index contributed by atoms with van der Waals surface area (Å²) in [5, 5.41) is 1.73. The van der Waals surface area contributed by atoms with Crippen molar-refractivity contribution < 1.29 is 0 Å². The molecular formula is C26H54S. The third-order valence-electron chi connectivity index (χ3n) is 5.89. The number of unbranched alkanes of at least 4 members (excludes halogenated alkanes) is 16. The van der Waals surface area contributed by atoms with Crippen molar-refractivity contribution in [2.24, 2.45) is 0 Å². The fourth-order valence-corrected chi connectivity index (χ4v) is 5.42. The summed E-state index contributed by atoms with van der Waals surface area (Å²) < 4.78 is 0. The molecule has 0 rings (SSSR count). The standard InChI is InChI=1S/C26H54S/c1-5-7-9-11-13-15-17-19-21-23-25(3)27-26(4)24-22-20-18-16-14-12-10-8-6-2/h25-26H,5-24H2,1-4H3. The molecule has 0 fully saturated rings. The van der Waals surface area contributed by atoms with E-state index in [0.29, 0.717) is 0 Å². The van der Waals surface area contributed by atoms with Crippen molar-refractivity contribution in [1.82, 2.24) is 0 Å². The molecule has 0 spiro atoms. The van der Waals surface area contributed by atoms with Gasteiger partial charge in [-0.2, -0.15) is 11.8 Å².